The third kappa shape index (κ3) is 6.12. The van der Waals surface area contributed by atoms with Gasteiger partial charge in [-0.2, -0.15) is 0 Å². The van der Waals surface area contributed by atoms with E-state index in [1.54, 1.807) is 37.3 Å². The van der Waals surface area contributed by atoms with Crippen molar-refractivity contribution in [2.45, 2.75) is 19.0 Å². The summed E-state index contributed by atoms with van der Waals surface area (Å²) in [6, 6.07) is 14.8. The lowest BCUT2D eigenvalue weighted by Gasteiger charge is -2.20. The Kier molecular flexibility index (Phi) is 7.32. The second-order valence-corrected chi connectivity index (χ2v) is 5.88. The van der Waals surface area contributed by atoms with Crippen LogP contribution in [0.3, 0.4) is 0 Å². The number of hydroxylamine groups is 1. The van der Waals surface area contributed by atoms with Crippen LogP contribution < -0.4 is 16.5 Å². The number of allylic oxidation sites excluding steroid dienone is 1. The summed E-state index contributed by atoms with van der Waals surface area (Å²) < 4.78 is 0. The normalized spacial score (nSPS) is 12.6. The van der Waals surface area contributed by atoms with Crippen LogP contribution in [0, 0.1) is 11.8 Å². The first-order valence-corrected chi connectivity index (χ1v) is 8.35. The van der Waals surface area contributed by atoms with E-state index in [2.05, 4.69) is 17.2 Å². The summed E-state index contributed by atoms with van der Waals surface area (Å²) >= 11 is 0. The number of benzene rings is 2. The first kappa shape index (κ1) is 19.9. The lowest BCUT2D eigenvalue weighted by molar-refractivity contribution is -0.131. The molecule has 0 unspecified atom stereocenters. The van der Waals surface area contributed by atoms with Gasteiger partial charge in [0.25, 0.3) is 11.8 Å². The molecule has 0 fully saturated rings. The largest absolute Gasteiger partial charge is 0.339 e. The number of carbonyl (C=O) groups is 2. The van der Waals surface area contributed by atoms with Gasteiger partial charge in [0, 0.05) is 17.2 Å². The quantitative estimate of drug-likeness (QED) is 0.369. The van der Waals surface area contributed by atoms with Crippen LogP contribution >= 0.6 is 0 Å². The van der Waals surface area contributed by atoms with Crippen LogP contribution in [0.15, 0.2) is 60.7 Å². The van der Waals surface area contributed by atoms with E-state index in [0.29, 0.717) is 5.56 Å². The van der Waals surface area contributed by atoms with Gasteiger partial charge in [-0.3, -0.25) is 14.8 Å². The molecule has 2 rings (SSSR count). The number of nitrogens with one attached hydrogen (secondary N) is 2. The minimum absolute atomic E-state index is 0.374. The molecule has 2 aromatic rings. The van der Waals surface area contributed by atoms with Crippen LogP contribution in [-0.2, 0) is 4.79 Å². The SMILES string of the molecule is C[C@@H](N)[C@H](NC(=O)c1ccc(C=CC#Cc2ccccc2)cc1)C(=O)NO. The van der Waals surface area contributed by atoms with Gasteiger partial charge in [0.1, 0.15) is 6.04 Å². The van der Waals surface area contributed by atoms with Gasteiger partial charge in [0.05, 0.1) is 0 Å². The standard InChI is InChI=1S/C21H21N3O3/c1-15(22)19(21(26)24-27)23-20(25)18-13-11-17(12-14-18)10-6-5-9-16-7-3-2-4-8-16/h2-4,6-8,10-15,19,27H,22H2,1H3,(H,23,25)(H,24,26)/t15-,19+/m1/s1. The maximum absolute atomic E-state index is 12.2. The van der Waals surface area contributed by atoms with Crippen molar-refractivity contribution in [3.8, 4) is 11.8 Å². The van der Waals surface area contributed by atoms with Crippen LogP contribution in [0.5, 0.6) is 0 Å². The predicted molar refractivity (Wildman–Crippen MR) is 104 cm³/mol. The fraction of sp³-hybridized carbons (Fsp3) is 0.143. The van der Waals surface area contributed by atoms with E-state index in [1.165, 1.54) is 5.48 Å². The Morgan fingerprint density at radius 3 is 2.37 bits per heavy atom. The Balaban J connectivity index is 2.00. The van der Waals surface area contributed by atoms with Gasteiger partial charge in [-0.05, 0) is 48.9 Å². The monoisotopic (exact) mass is 363 g/mol. The Labute approximate surface area is 158 Å². The summed E-state index contributed by atoms with van der Waals surface area (Å²) in [4.78, 5) is 23.8. The van der Waals surface area contributed by atoms with E-state index in [0.717, 1.165) is 11.1 Å². The molecule has 0 radical (unpaired) electrons. The molecule has 27 heavy (non-hydrogen) atoms. The molecule has 0 bridgehead atoms. The first-order valence-electron chi connectivity index (χ1n) is 8.35. The average molecular weight is 363 g/mol. The lowest BCUT2D eigenvalue weighted by atomic mass is 10.1. The number of amides is 2. The third-order valence-corrected chi connectivity index (χ3v) is 3.73. The van der Waals surface area contributed by atoms with Crippen molar-refractivity contribution in [3.63, 3.8) is 0 Å². The van der Waals surface area contributed by atoms with Crippen molar-refractivity contribution >= 4 is 17.9 Å². The van der Waals surface area contributed by atoms with Gasteiger partial charge in [-0.1, -0.05) is 42.2 Å². The predicted octanol–water partition coefficient (Wildman–Crippen LogP) is 1.70. The smallest absolute Gasteiger partial charge is 0.267 e. The van der Waals surface area contributed by atoms with Gasteiger partial charge >= 0.3 is 0 Å². The minimum atomic E-state index is -1.03. The fourth-order valence-electron chi connectivity index (χ4n) is 2.26. The number of nitrogens with two attached hydrogens (primary N) is 1. The van der Waals surface area contributed by atoms with Crippen molar-refractivity contribution in [1.29, 1.82) is 0 Å². The van der Waals surface area contributed by atoms with Gasteiger partial charge in [-0.15, -0.1) is 0 Å². The zero-order chi connectivity index (χ0) is 19.6. The molecule has 138 valence electrons. The van der Waals surface area contributed by atoms with Gasteiger partial charge < -0.3 is 11.1 Å². The van der Waals surface area contributed by atoms with E-state index in [-0.39, 0.29) is 0 Å². The number of carbonyl (C=O) groups excluding carboxylic acids is 2. The molecule has 0 aromatic heterocycles. The van der Waals surface area contributed by atoms with E-state index >= 15 is 0 Å². The first-order chi connectivity index (χ1) is 13.0. The van der Waals surface area contributed by atoms with Crippen LogP contribution in [0.2, 0.25) is 0 Å². The van der Waals surface area contributed by atoms with Gasteiger partial charge in [0.2, 0.25) is 0 Å². The second kappa shape index (κ2) is 9.92. The van der Waals surface area contributed by atoms with Crippen molar-refractivity contribution in [2.75, 3.05) is 0 Å². The van der Waals surface area contributed by atoms with Crippen LogP contribution in [0.1, 0.15) is 28.4 Å². The highest BCUT2D eigenvalue weighted by Crippen LogP contribution is 2.07. The molecule has 5 N–H and O–H groups in total. The van der Waals surface area contributed by atoms with Gasteiger partial charge in [0.15, 0.2) is 0 Å². The number of hydrogen-bond donors (Lipinski definition) is 4. The summed E-state index contributed by atoms with van der Waals surface area (Å²) in [7, 11) is 0. The molecule has 0 saturated carbocycles. The van der Waals surface area contributed by atoms with Crippen molar-refractivity contribution < 1.29 is 14.8 Å². The maximum atomic E-state index is 12.2. The van der Waals surface area contributed by atoms with E-state index in [9.17, 15) is 9.59 Å². The van der Waals surface area contributed by atoms with Gasteiger partial charge in [-0.25, -0.2) is 5.48 Å². The Hall–Kier alpha value is -3.40. The molecular weight excluding hydrogens is 342 g/mol. The molecule has 0 heterocycles. The van der Waals surface area contributed by atoms with E-state index in [1.807, 2.05) is 36.4 Å². The van der Waals surface area contributed by atoms with Crippen molar-refractivity contribution in [2.24, 2.45) is 5.73 Å². The zero-order valence-electron chi connectivity index (χ0n) is 14.8. The molecule has 6 heteroatoms. The zero-order valence-corrected chi connectivity index (χ0v) is 14.8. The van der Waals surface area contributed by atoms with E-state index < -0.39 is 23.9 Å². The highest BCUT2D eigenvalue weighted by atomic mass is 16.5. The summed E-state index contributed by atoms with van der Waals surface area (Å²) in [5.41, 5.74) is 9.35. The Morgan fingerprint density at radius 1 is 1.11 bits per heavy atom. The minimum Gasteiger partial charge on any atom is -0.339 e. The summed E-state index contributed by atoms with van der Waals surface area (Å²) in [5, 5.41) is 11.2. The van der Waals surface area contributed by atoms with Crippen molar-refractivity contribution in [3.05, 3.63) is 77.4 Å². The Bertz CT molecular complexity index is 863. The summed E-state index contributed by atoms with van der Waals surface area (Å²) in [6.07, 6.45) is 3.57. The molecule has 0 aliphatic carbocycles. The highest BCUT2D eigenvalue weighted by molar-refractivity contribution is 5.97. The molecular formula is C21H21N3O3. The highest BCUT2D eigenvalue weighted by Gasteiger charge is 2.24. The second-order valence-electron chi connectivity index (χ2n) is 5.88. The number of rotatable bonds is 5. The van der Waals surface area contributed by atoms with Crippen LogP contribution in [0.4, 0.5) is 0 Å². The molecule has 2 aromatic carbocycles. The molecule has 0 aliphatic heterocycles. The molecule has 2 atom stereocenters. The molecule has 2 amide bonds. The van der Waals surface area contributed by atoms with E-state index in [4.69, 9.17) is 10.9 Å². The molecule has 0 aliphatic rings. The maximum Gasteiger partial charge on any atom is 0.267 e. The fourth-order valence-corrected chi connectivity index (χ4v) is 2.26. The third-order valence-electron chi connectivity index (χ3n) is 3.73. The molecule has 6 nitrogen and oxygen atoms in total. The molecule has 0 saturated heterocycles. The topological polar surface area (TPSA) is 104 Å². The van der Waals surface area contributed by atoms with Crippen LogP contribution in [-0.4, -0.2) is 29.1 Å². The number of hydrogen-bond acceptors (Lipinski definition) is 4. The Morgan fingerprint density at radius 2 is 1.78 bits per heavy atom. The van der Waals surface area contributed by atoms with Crippen molar-refractivity contribution in [1.82, 2.24) is 10.8 Å². The lowest BCUT2D eigenvalue weighted by Crippen LogP contribution is -2.54. The average Bonchev–Trinajstić information content (AvgIpc) is 2.69. The summed E-state index contributed by atoms with van der Waals surface area (Å²) in [5.74, 6) is 4.75. The summed E-state index contributed by atoms with van der Waals surface area (Å²) in [6.45, 7) is 1.56. The molecule has 0 spiro atoms. The van der Waals surface area contributed by atoms with Crippen LogP contribution in [0.25, 0.3) is 6.08 Å².